The van der Waals surface area contributed by atoms with E-state index in [1.165, 1.54) is 4.90 Å². The minimum atomic E-state index is -2.29. The molecular formula is C7H14F2N2. The molecule has 1 fully saturated rings. The van der Waals surface area contributed by atoms with Gasteiger partial charge in [0, 0.05) is 25.7 Å². The Kier molecular flexibility index (Phi) is 3.20. The summed E-state index contributed by atoms with van der Waals surface area (Å²) >= 11 is 0. The molecule has 1 aliphatic rings. The average Bonchev–Trinajstić information content (AvgIpc) is 2.04. The van der Waals surface area contributed by atoms with E-state index >= 15 is 0 Å². The number of nitrogens with zero attached hydrogens (tertiary/aromatic N) is 1. The van der Waals surface area contributed by atoms with Gasteiger partial charge in [0.25, 0.3) is 6.55 Å². The zero-order valence-electron chi connectivity index (χ0n) is 6.69. The number of alkyl halides is 2. The lowest BCUT2D eigenvalue weighted by molar-refractivity contribution is -0.0629. The molecule has 0 spiro atoms. The molecule has 11 heavy (non-hydrogen) atoms. The molecule has 0 saturated carbocycles. The fourth-order valence-electron chi connectivity index (χ4n) is 1.41. The van der Waals surface area contributed by atoms with Gasteiger partial charge < -0.3 is 5.32 Å². The molecule has 1 atom stereocenters. The topological polar surface area (TPSA) is 15.3 Å². The van der Waals surface area contributed by atoms with Crippen molar-refractivity contribution in [3.8, 4) is 0 Å². The predicted molar refractivity (Wildman–Crippen MR) is 39.7 cm³/mol. The first-order valence-electron chi connectivity index (χ1n) is 4.00. The molecule has 0 bridgehead atoms. The molecule has 1 unspecified atom stereocenters. The smallest absolute Gasteiger partial charge is 0.295 e. The van der Waals surface area contributed by atoms with Crippen molar-refractivity contribution in [2.45, 2.75) is 25.9 Å². The lowest BCUT2D eigenvalue weighted by atomic mass is 10.1. The van der Waals surface area contributed by atoms with Gasteiger partial charge >= 0.3 is 0 Å². The Morgan fingerprint density at radius 2 is 2.36 bits per heavy atom. The summed E-state index contributed by atoms with van der Waals surface area (Å²) in [6.07, 6.45) is 0.789. The highest BCUT2D eigenvalue weighted by atomic mass is 19.3. The summed E-state index contributed by atoms with van der Waals surface area (Å²) < 4.78 is 24.5. The first-order chi connectivity index (χ1) is 5.25. The van der Waals surface area contributed by atoms with E-state index < -0.39 is 6.55 Å². The van der Waals surface area contributed by atoms with Crippen molar-refractivity contribution in [2.24, 2.45) is 0 Å². The molecule has 0 aromatic carbocycles. The lowest BCUT2D eigenvalue weighted by Crippen LogP contribution is -2.52. The normalized spacial score (nSPS) is 27.8. The van der Waals surface area contributed by atoms with Crippen LogP contribution >= 0.6 is 0 Å². The van der Waals surface area contributed by atoms with Gasteiger partial charge in [0.1, 0.15) is 0 Å². The Bertz CT molecular complexity index is 119. The van der Waals surface area contributed by atoms with Gasteiger partial charge in [-0.1, -0.05) is 6.92 Å². The third-order valence-electron chi connectivity index (χ3n) is 2.12. The first kappa shape index (κ1) is 8.87. The van der Waals surface area contributed by atoms with Gasteiger partial charge in [-0.2, -0.15) is 8.78 Å². The van der Waals surface area contributed by atoms with E-state index in [1.54, 1.807) is 0 Å². The zero-order valence-corrected chi connectivity index (χ0v) is 6.69. The summed E-state index contributed by atoms with van der Waals surface area (Å²) in [7, 11) is 0. The monoisotopic (exact) mass is 164 g/mol. The quantitative estimate of drug-likeness (QED) is 0.610. The molecule has 2 nitrogen and oxygen atoms in total. The van der Waals surface area contributed by atoms with E-state index in [-0.39, 0.29) is 6.04 Å². The molecule has 4 heteroatoms. The van der Waals surface area contributed by atoms with Crippen molar-refractivity contribution in [2.75, 3.05) is 19.6 Å². The van der Waals surface area contributed by atoms with Gasteiger partial charge in [-0.15, -0.1) is 0 Å². The van der Waals surface area contributed by atoms with Crippen molar-refractivity contribution >= 4 is 0 Å². The number of halogens is 2. The summed E-state index contributed by atoms with van der Waals surface area (Å²) in [5.41, 5.74) is 0. The fourth-order valence-corrected chi connectivity index (χ4v) is 1.41. The summed E-state index contributed by atoms with van der Waals surface area (Å²) in [4.78, 5) is 1.26. The maximum absolute atomic E-state index is 12.3. The van der Waals surface area contributed by atoms with Crippen molar-refractivity contribution in [3.63, 3.8) is 0 Å². The number of hydrogen-bond donors (Lipinski definition) is 1. The number of nitrogens with one attached hydrogen (secondary N) is 1. The molecule has 0 aliphatic carbocycles. The van der Waals surface area contributed by atoms with Gasteiger partial charge in [0.15, 0.2) is 0 Å². The molecule has 1 saturated heterocycles. The van der Waals surface area contributed by atoms with Crippen LogP contribution in [0.15, 0.2) is 0 Å². The molecule has 1 aliphatic heterocycles. The molecular weight excluding hydrogens is 150 g/mol. The van der Waals surface area contributed by atoms with Crippen molar-refractivity contribution in [1.29, 1.82) is 0 Å². The SMILES string of the molecule is CCC1CNCCN1C(F)F. The largest absolute Gasteiger partial charge is 0.314 e. The Hall–Kier alpha value is -0.220. The second-order valence-electron chi connectivity index (χ2n) is 2.78. The predicted octanol–water partition coefficient (Wildman–Crippen LogP) is 0.893. The Morgan fingerprint density at radius 3 is 2.82 bits per heavy atom. The highest BCUT2D eigenvalue weighted by Crippen LogP contribution is 2.12. The zero-order chi connectivity index (χ0) is 8.27. The second-order valence-corrected chi connectivity index (χ2v) is 2.78. The fraction of sp³-hybridized carbons (Fsp3) is 1.00. The first-order valence-corrected chi connectivity index (χ1v) is 4.00. The Balaban J connectivity index is 2.44. The van der Waals surface area contributed by atoms with Crippen LogP contribution in [0.25, 0.3) is 0 Å². The van der Waals surface area contributed by atoms with E-state index in [9.17, 15) is 8.78 Å². The maximum Gasteiger partial charge on any atom is 0.295 e. The molecule has 1 rings (SSSR count). The van der Waals surface area contributed by atoms with E-state index in [0.717, 1.165) is 6.42 Å². The van der Waals surface area contributed by atoms with Crippen molar-refractivity contribution < 1.29 is 8.78 Å². The van der Waals surface area contributed by atoms with Crippen LogP contribution in [0.4, 0.5) is 8.78 Å². The van der Waals surface area contributed by atoms with E-state index in [4.69, 9.17) is 0 Å². The van der Waals surface area contributed by atoms with Crippen LogP contribution in [0, 0.1) is 0 Å². The van der Waals surface area contributed by atoms with Gasteiger partial charge in [0.05, 0.1) is 0 Å². The summed E-state index contributed by atoms with van der Waals surface area (Å²) in [5.74, 6) is 0. The van der Waals surface area contributed by atoms with Crippen molar-refractivity contribution in [3.05, 3.63) is 0 Å². The van der Waals surface area contributed by atoms with E-state index in [1.807, 2.05) is 6.92 Å². The number of rotatable bonds is 2. The summed E-state index contributed by atoms with van der Waals surface area (Å²) in [6.45, 7) is 1.49. The third-order valence-corrected chi connectivity index (χ3v) is 2.12. The van der Waals surface area contributed by atoms with Crippen molar-refractivity contribution in [1.82, 2.24) is 10.2 Å². The highest BCUT2D eigenvalue weighted by molar-refractivity contribution is 4.77. The van der Waals surface area contributed by atoms with Gasteiger partial charge in [-0.05, 0) is 6.42 Å². The average molecular weight is 164 g/mol. The maximum atomic E-state index is 12.3. The van der Waals surface area contributed by atoms with Crippen LogP contribution in [0.1, 0.15) is 13.3 Å². The van der Waals surface area contributed by atoms with Gasteiger partial charge in [-0.25, -0.2) is 4.90 Å². The molecule has 0 aromatic heterocycles. The number of piperazine rings is 1. The van der Waals surface area contributed by atoms with Crippen LogP contribution in [-0.4, -0.2) is 37.1 Å². The Labute approximate surface area is 65.6 Å². The standard InChI is InChI=1S/C7H14F2N2/c1-2-6-5-10-3-4-11(6)7(8)9/h6-7,10H,2-5H2,1H3. The van der Waals surface area contributed by atoms with E-state index in [2.05, 4.69) is 5.32 Å². The van der Waals surface area contributed by atoms with E-state index in [0.29, 0.717) is 19.6 Å². The molecule has 1 heterocycles. The lowest BCUT2D eigenvalue weighted by Gasteiger charge is -2.34. The minimum Gasteiger partial charge on any atom is -0.314 e. The molecule has 66 valence electrons. The minimum absolute atomic E-state index is 0.0174. The molecule has 0 amide bonds. The molecule has 1 N–H and O–H groups in total. The van der Waals surface area contributed by atoms with Crippen LogP contribution in [0.2, 0.25) is 0 Å². The number of hydrogen-bond acceptors (Lipinski definition) is 2. The van der Waals surface area contributed by atoms with Gasteiger partial charge in [-0.3, -0.25) is 0 Å². The molecule has 0 radical (unpaired) electrons. The van der Waals surface area contributed by atoms with Crippen LogP contribution in [-0.2, 0) is 0 Å². The van der Waals surface area contributed by atoms with Crippen LogP contribution in [0.3, 0.4) is 0 Å². The van der Waals surface area contributed by atoms with Gasteiger partial charge in [0.2, 0.25) is 0 Å². The van der Waals surface area contributed by atoms with Crippen LogP contribution in [0.5, 0.6) is 0 Å². The summed E-state index contributed by atoms with van der Waals surface area (Å²) in [5, 5.41) is 3.10. The highest BCUT2D eigenvalue weighted by Gasteiger charge is 2.26. The molecule has 0 aromatic rings. The summed E-state index contributed by atoms with van der Waals surface area (Å²) in [6, 6.07) is 0.0174. The van der Waals surface area contributed by atoms with Crippen LogP contribution < -0.4 is 5.32 Å². The Morgan fingerprint density at radius 1 is 1.64 bits per heavy atom. The third kappa shape index (κ3) is 2.10. The second kappa shape index (κ2) is 3.97.